The van der Waals surface area contributed by atoms with Crippen LogP contribution in [-0.4, -0.2) is 56.3 Å². The molecule has 1 saturated heterocycles. The molecule has 1 aliphatic heterocycles. The van der Waals surface area contributed by atoms with Gasteiger partial charge in [-0.3, -0.25) is 9.89 Å². The third-order valence-corrected chi connectivity index (χ3v) is 5.61. The summed E-state index contributed by atoms with van der Waals surface area (Å²) in [5.41, 5.74) is 3.82. The number of H-pyrrole nitrogens is 1. The monoisotopic (exact) mass is 407 g/mol. The van der Waals surface area contributed by atoms with E-state index in [0.717, 1.165) is 35.4 Å². The molecule has 1 fully saturated rings. The molecule has 1 amide bonds. The van der Waals surface area contributed by atoms with E-state index in [1.807, 2.05) is 36.1 Å². The molecule has 8 nitrogen and oxygen atoms in total. The van der Waals surface area contributed by atoms with Crippen LogP contribution in [0.25, 0.3) is 11.3 Å². The van der Waals surface area contributed by atoms with E-state index in [9.17, 15) is 9.90 Å². The summed E-state index contributed by atoms with van der Waals surface area (Å²) in [6, 6.07) is 7.53. The largest absolute Gasteiger partial charge is 0.497 e. The average molecular weight is 407 g/mol. The molecular weight excluding hydrogens is 382 g/mol. The summed E-state index contributed by atoms with van der Waals surface area (Å²) in [6.45, 7) is 3.03. The quantitative estimate of drug-likeness (QED) is 0.674. The molecule has 0 aliphatic carbocycles. The Bertz CT molecular complexity index is 1020. The van der Waals surface area contributed by atoms with Crippen LogP contribution in [0.2, 0.25) is 0 Å². The number of piperidine rings is 1. The van der Waals surface area contributed by atoms with Crippen molar-refractivity contribution in [1.29, 1.82) is 0 Å². The molecule has 2 N–H and O–H groups in total. The highest BCUT2D eigenvalue weighted by Gasteiger charge is 2.28. The number of methoxy groups -OCH3 is 1. The fraction of sp³-hybridized carbons (Fsp3) is 0.364. The summed E-state index contributed by atoms with van der Waals surface area (Å²) in [5, 5.41) is 16.7. The van der Waals surface area contributed by atoms with Crippen molar-refractivity contribution in [2.24, 2.45) is 0 Å². The van der Waals surface area contributed by atoms with Crippen molar-refractivity contribution in [2.75, 3.05) is 20.2 Å². The summed E-state index contributed by atoms with van der Waals surface area (Å²) in [6.07, 6.45) is 4.88. The van der Waals surface area contributed by atoms with Crippen LogP contribution in [0.15, 0.2) is 36.7 Å². The van der Waals surface area contributed by atoms with Gasteiger partial charge in [-0.15, -0.1) is 0 Å². The summed E-state index contributed by atoms with van der Waals surface area (Å²) >= 11 is 0. The molecule has 3 aromatic rings. The minimum absolute atomic E-state index is 0.0331. The van der Waals surface area contributed by atoms with Crippen LogP contribution in [0.4, 0.5) is 0 Å². The molecule has 1 aliphatic rings. The first-order valence-corrected chi connectivity index (χ1v) is 10.0. The molecule has 0 spiro atoms. The summed E-state index contributed by atoms with van der Waals surface area (Å²) in [5.74, 6) is 1.64. The van der Waals surface area contributed by atoms with Crippen molar-refractivity contribution in [2.45, 2.75) is 32.3 Å². The minimum atomic E-state index is -0.0744. The number of carbonyl (C=O) groups is 1. The van der Waals surface area contributed by atoms with E-state index in [1.54, 1.807) is 19.5 Å². The van der Waals surface area contributed by atoms with Crippen LogP contribution < -0.4 is 4.74 Å². The van der Waals surface area contributed by atoms with Crippen molar-refractivity contribution in [3.05, 3.63) is 59.3 Å². The maximum atomic E-state index is 13.2. The Morgan fingerprint density at radius 2 is 1.97 bits per heavy atom. The minimum Gasteiger partial charge on any atom is -0.497 e. The van der Waals surface area contributed by atoms with E-state index >= 15 is 0 Å². The highest BCUT2D eigenvalue weighted by Crippen LogP contribution is 2.31. The molecule has 0 bridgehead atoms. The van der Waals surface area contributed by atoms with E-state index in [4.69, 9.17) is 4.74 Å². The summed E-state index contributed by atoms with van der Waals surface area (Å²) in [4.78, 5) is 23.8. The normalized spacial score (nSPS) is 14.7. The predicted octanol–water partition coefficient (Wildman–Crippen LogP) is 2.70. The molecule has 1 aromatic carbocycles. The van der Waals surface area contributed by atoms with Gasteiger partial charge >= 0.3 is 0 Å². The number of nitrogens with zero attached hydrogens (tertiary/aromatic N) is 4. The zero-order valence-corrected chi connectivity index (χ0v) is 17.1. The maximum absolute atomic E-state index is 13.2. The number of aromatic amines is 1. The Hall–Kier alpha value is -3.26. The number of ether oxygens (including phenoxy) is 1. The second-order valence-electron chi connectivity index (χ2n) is 7.44. The zero-order chi connectivity index (χ0) is 21.1. The van der Waals surface area contributed by atoms with Crippen molar-refractivity contribution in [1.82, 2.24) is 25.1 Å². The van der Waals surface area contributed by atoms with Crippen molar-refractivity contribution >= 4 is 5.91 Å². The highest BCUT2D eigenvalue weighted by atomic mass is 16.5. The smallest absolute Gasteiger partial charge is 0.257 e. The highest BCUT2D eigenvalue weighted by molar-refractivity contribution is 5.99. The number of hydrogen-bond donors (Lipinski definition) is 2. The van der Waals surface area contributed by atoms with Gasteiger partial charge in [0.25, 0.3) is 5.91 Å². The van der Waals surface area contributed by atoms with Crippen LogP contribution in [0.3, 0.4) is 0 Å². The Kier molecular flexibility index (Phi) is 5.76. The molecule has 156 valence electrons. The standard InChI is InChI=1S/C22H25N5O3/c1-14-23-11-17(13-28)20(25-14)16-7-9-27(10-8-16)22(29)19-12-24-26-21(19)15-3-5-18(30-2)6-4-15/h3-6,11-12,16,28H,7-10,13H2,1-2H3,(H,24,26). The number of aliphatic hydroxyl groups excluding tert-OH is 1. The Labute approximate surface area is 174 Å². The van der Waals surface area contributed by atoms with Gasteiger partial charge in [-0.2, -0.15) is 5.10 Å². The number of amides is 1. The molecule has 4 rings (SSSR count). The topological polar surface area (TPSA) is 104 Å². The average Bonchev–Trinajstić information content (AvgIpc) is 3.28. The maximum Gasteiger partial charge on any atom is 0.257 e. The molecule has 0 saturated carbocycles. The molecule has 0 atom stereocenters. The van der Waals surface area contributed by atoms with E-state index in [-0.39, 0.29) is 18.4 Å². The Morgan fingerprint density at radius 1 is 1.23 bits per heavy atom. The SMILES string of the molecule is COc1ccc(-c2[nH]ncc2C(=O)N2CCC(c3nc(C)ncc3CO)CC2)cc1. The van der Waals surface area contributed by atoms with Crippen LogP contribution in [-0.2, 0) is 6.61 Å². The third-order valence-electron chi connectivity index (χ3n) is 5.61. The fourth-order valence-corrected chi connectivity index (χ4v) is 3.94. The zero-order valence-electron chi connectivity index (χ0n) is 17.1. The Balaban J connectivity index is 1.48. The van der Waals surface area contributed by atoms with Crippen LogP contribution >= 0.6 is 0 Å². The van der Waals surface area contributed by atoms with Gasteiger partial charge in [0.1, 0.15) is 11.6 Å². The number of benzene rings is 1. The van der Waals surface area contributed by atoms with Gasteiger partial charge in [-0.25, -0.2) is 9.97 Å². The molecular formula is C22H25N5O3. The lowest BCUT2D eigenvalue weighted by Gasteiger charge is -2.32. The molecule has 3 heterocycles. The van der Waals surface area contributed by atoms with E-state index in [1.165, 1.54) is 0 Å². The van der Waals surface area contributed by atoms with Gasteiger partial charge in [0.05, 0.1) is 36.9 Å². The van der Waals surface area contributed by atoms with Gasteiger partial charge in [0.2, 0.25) is 0 Å². The number of aryl methyl sites for hydroxylation is 1. The number of nitrogens with one attached hydrogen (secondary N) is 1. The molecule has 0 unspecified atom stereocenters. The third kappa shape index (κ3) is 3.91. The number of aliphatic hydroxyl groups is 1. The second-order valence-corrected chi connectivity index (χ2v) is 7.44. The predicted molar refractivity (Wildman–Crippen MR) is 111 cm³/mol. The van der Waals surface area contributed by atoms with E-state index in [2.05, 4.69) is 20.2 Å². The lowest BCUT2D eigenvalue weighted by molar-refractivity contribution is 0.0712. The molecule has 2 aromatic heterocycles. The van der Waals surface area contributed by atoms with Crippen LogP contribution in [0.5, 0.6) is 5.75 Å². The molecule has 30 heavy (non-hydrogen) atoms. The summed E-state index contributed by atoms with van der Waals surface area (Å²) in [7, 11) is 1.62. The number of rotatable bonds is 5. The lowest BCUT2D eigenvalue weighted by Crippen LogP contribution is -2.38. The number of aromatic nitrogens is 4. The van der Waals surface area contributed by atoms with Gasteiger partial charge in [-0.05, 0) is 44.0 Å². The number of hydrogen-bond acceptors (Lipinski definition) is 6. The lowest BCUT2D eigenvalue weighted by atomic mass is 9.90. The van der Waals surface area contributed by atoms with Gasteiger partial charge in [-0.1, -0.05) is 0 Å². The van der Waals surface area contributed by atoms with Gasteiger partial charge < -0.3 is 14.7 Å². The van der Waals surface area contributed by atoms with Crippen molar-refractivity contribution < 1.29 is 14.6 Å². The van der Waals surface area contributed by atoms with Crippen molar-refractivity contribution in [3.8, 4) is 17.0 Å². The molecule has 0 radical (unpaired) electrons. The van der Waals surface area contributed by atoms with E-state index < -0.39 is 0 Å². The number of likely N-dealkylation sites (tertiary alicyclic amines) is 1. The summed E-state index contributed by atoms with van der Waals surface area (Å²) < 4.78 is 5.20. The van der Waals surface area contributed by atoms with Gasteiger partial charge in [0.15, 0.2) is 0 Å². The fourth-order valence-electron chi connectivity index (χ4n) is 3.94. The first-order valence-electron chi connectivity index (χ1n) is 10.0. The first kappa shape index (κ1) is 20.0. The van der Waals surface area contributed by atoms with Crippen LogP contribution in [0, 0.1) is 6.92 Å². The second kappa shape index (κ2) is 8.62. The van der Waals surface area contributed by atoms with Crippen molar-refractivity contribution in [3.63, 3.8) is 0 Å². The van der Waals surface area contributed by atoms with Crippen LogP contribution in [0.1, 0.15) is 46.2 Å². The first-order chi connectivity index (χ1) is 14.6. The Morgan fingerprint density at radius 3 is 2.63 bits per heavy atom. The number of carbonyl (C=O) groups excluding carboxylic acids is 1. The van der Waals surface area contributed by atoms with E-state index in [0.29, 0.717) is 30.2 Å². The molecule has 8 heteroatoms. The van der Waals surface area contributed by atoms with Gasteiger partial charge in [0, 0.05) is 36.3 Å².